The molecule has 0 unspecified atom stereocenters. The van der Waals surface area contributed by atoms with E-state index in [0.717, 1.165) is 41.9 Å². The molecule has 7 nitrogen and oxygen atoms in total. The molecular formula is C28H36Cl2N4O3S. The average Bonchev–Trinajstić information content (AvgIpc) is 3.57. The summed E-state index contributed by atoms with van der Waals surface area (Å²) in [5.41, 5.74) is 2.33. The average molecular weight is 580 g/mol. The number of halogens is 2. The van der Waals surface area contributed by atoms with Crippen LogP contribution in [0, 0.1) is 0 Å². The second-order valence-corrected chi connectivity index (χ2v) is 10.9. The Morgan fingerprint density at radius 1 is 1.32 bits per heavy atom. The molecule has 1 aliphatic heterocycles. The van der Waals surface area contributed by atoms with Gasteiger partial charge >= 0.3 is 0 Å². The van der Waals surface area contributed by atoms with Crippen LogP contribution in [0.25, 0.3) is 21.6 Å². The fourth-order valence-corrected chi connectivity index (χ4v) is 5.64. The van der Waals surface area contributed by atoms with Crippen LogP contribution in [0.4, 0.5) is 0 Å². The second kappa shape index (κ2) is 13.6. The van der Waals surface area contributed by atoms with Gasteiger partial charge in [-0.15, -0.1) is 30.3 Å². The number of aromatic nitrogens is 2. The Bertz CT molecular complexity index is 1270. The van der Waals surface area contributed by atoms with Crippen molar-refractivity contribution in [3.63, 3.8) is 0 Å². The zero-order valence-corrected chi connectivity index (χ0v) is 24.7. The quantitative estimate of drug-likeness (QED) is 0.207. The van der Waals surface area contributed by atoms with Crippen molar-refractivity contribution in [1.82, 2.24) is 20.2 Å². The van der Waals surface area contributed by atoms with E-state index in [4.69, 9.17) is 31.0 Å². The first kappa shape index (κ1) is 30.2. The summed E-state index contributed by atoms with van der Waals surface area (Å²) < 4.78 is 11.9. The summed E-state index contributed by atoms with van der Waals surface area (Å²) in [6.07, 6.45) is 5.31. The first-order chi connectivity index (χ1) is 17.8. The lowest BCUT2D eigenvalue weighted by Crippen LogP contribution is -2.41. The number of pyridine rings is 1. The highest BCUT2D eigenvalue weighted by molar-refractivity contribution is 7.13. The zero-order chi connectivity index (χ0) is 26.5. The van der Waals surface area contributed by atoms with Gasteiger partial charge in [-0.25, -0.2) is 9.97 Å². The zero-order valence-electron chi connectivity index (χ0n) is 22.3. The Hall–Kier alpha value is -2.39. The Labute approximate surface area is 240 Å². The van der Waals surface area contributed by atoms with Crippen molar-refractivity contribution >= 4 is 52.2 Å². The third kappa shape index (κ3) is 6.78. The van der Waals surface area contributed by atoms with E-state index in [9.17, 15) is 4.79 Å². The summed E-state index contributed by atoms with van der Waals surface area (Å²) in [4.78, 5) is 24.4. The van der Waals surface area contributed by atoms with Crippen LogP contribution in [0.1, 0.15) is 51.1 Å². The van der Waals surface area contributed by atoms with Gasteiger partial charge in [-0.1, -0.05) is 31.5 Å². The number of benzene rings is 1. The second-order valence-electron chi connectivity index (χ2n) is 9.70. The number of amides is 1. The van der Waals surface area contributed by atoms with Crippen molar-refractivity contribution in [1.29, 1.82) is 0 Å². The van der Waals surface area contributed by atoms with Crippen molar-refractivity contribution in [2.45, 2.75) is 57.6 Å². The first-order valence-corrected chi connectivity index (χ1v) is 14.0. The highest BCUT2D eigenvalue weighted by Gasteiger charge is 2.33. The van der Waals surface area contributed by atoms with E-state index < -0.39 is 0 Å². The number of allylic oxidation sites excluding steroid dienone is 1. The van der Waals surface area contributed by atoms with Gasteiger partial charge in [-0.2, -0.15) is 0 Å². The Morgan fingerprint density at radius 2 is 2.11 bits per heavy atom. The van der Waals surface area contributed by atoms with Crippen LogP contribution < -0.4 is 14.8 Å². The van der Waals surface area contributed by atoms with Gasteiger partial charge in [0, 0.05) is 43.4 Å². The van der Waals surface area contributed by atoms with Gasteiger partial charge < -0.3 is 19.7 Å². The molecule has 1 N–H and O–H groups in total. The maximum absolute atomic E-state index is 13.0. The molecular weight excluding hydrogens is 543 g/mol. The number of hydrogen-bond donors (Lipinski definition) is 1. The van der Waals surface area contributed by atoms with Crippen LogP contribution in [0.2, 0.25) is 5.02 Å². The minimum Gasteiger partial charge on any atom is -0.495 e. The summed E-state index contributed by atoms with van der Waals surface area (Å²) in [5.74, 6) is 1.64. The van der Waals surface area contributed by atoms with Gasteiger partial charge in [-0.05, 0) is 37.3 Å². The monoisotopic (exact) mass is 578 g/mol. The molecule has 2 atom stereocenters. The number of thiazole rings is 1. The molecule has 0 spiro atoms. The van der Waals surface area contributed by atoms with E-state index >= 15 is 0 Å². The van der Waals surface area contributed by atoms with Crippen LogP contribution in [-0.2, 0) is 4.79 Å². The summed E-state index contributed by atoms with van der Waals surface area (Å²) in [5, 5.41) is 7.44. The lowest BCUT2D eigenvalue weighted by atomic mass is 10.1. The molecule has 10 heteroatoms. The van der Waals surface area contributed by atoms with Gasteiger partial charge in [0.25, 0.3) is 0 Å². The first-order valence-electron chi connectivity index (χ1n) is 12.7. The molecule has 38 heavy (non-hydrogen) atoms. The van der Waals surface area contributed by atoms with Gasteiger partial charge in [0.1, 0.15) is 33.3 Å². The maximum atomic E-state index is 13.0. The summed E-state index contributed by atoms with van der Waals surface area (Å²) in [6.45, 7) is 9.31. The van der Waals surface area contributed by atoms with E-state index in [-0.39, 0.29) is 30.5 Å². The predicted molar refractivity (Wildman–Crippen MR) is 158 cm³/mol. The number of ether oxygens (including phenoxy) is 2. The Kier molecular flexibility index (Phi) is 10.8. The topological polar surface area (TPSA) is 76.6 Å². The molecule has 1 saturated heterocycles. The number of hydrogen-bond acceptors (Lipinski definition) is 7. The SMILES string of the molecule is C=CCCCCN(C)C(=O)[C@@H]1C[C@H](Oc2cc(-c3nc(C(C)C)cs3)nc3c(Cl)c(OC)ccc23)CN1.Cl. The number of fused-ring (bicyclic) bond motifs is 1. The molecule has 0 saturated carbocycles. The van der Waals surface area contributed by atoms with Crippen LogP contribution in [0.3, 0.4) is 0 Å². The van der Waals surface area contributed by atoms with Gasteiger partial charge in [0.15, 0.2) is 0 Å². The molecule has 1 aromatic carbocycles. The van der Waals surface area contributed by atoms with E-state index in [2.05, 4.69) is 31.1 Å². The van der Waals surface area contributed by atoms with E-state index in [1.807, 2.05) is 36.2 Å². The number of nitrogens with one attached hydrogen (secondary N) is 1. The van der Waals surface area contributed by atoms with Crippen molar-refractivity contribution < 1.29 is 14.3 Å². The molecule has 0 aliphatic carbocycles. The Balaban J connectivity index is 0.00000400. The molecule has 1 amide bonds. The minimum atomic E-state index is -0.266. The Morgan fingerprint density at radius 3 is 2.79 bits per heavy atom. The van der Waals surface area contributed by atoms with Crippen LogP contribution in [0.5, 0.6) is 11.5 Å². The summed E-state index contributed by atoms with van der Waals surface area (Å²) in [7, 11) is 3.45. The maximum Gasteiger partial charge on any atom is 0.239 e. The third-order valence-electron chi connectivity index (χ3n) is 6.61. The number of carbonyl (C=O) groups is 1. The molecule has 1 fully saturated rings. The van der Waals surface area contributed by atoms with Crippen molar-refractivity contribution in [2.24, 2.45) is 0 Å². The molecule has 206 valence electrons. The van der Waals surface area contributed by atoms with Crippen molar-refractivity contribution in [2.75, 3.05) is 27.2 Å². The molecule has 3 heterocycles. The van der Waals surface area contributed by atoms with Crippen molar-refractivity contribution in [3.8, 4) is 22.2 Å². The lowest BCUT2D eigenvalue weighted by Gasteiger charge is -2.21. The van der Waals surface area contributed by atoms with E-state index in [1.54, 1.807) is 18.4 Å². The molecule has 1 aliphatic rings. The number of unbranched alkanes of at least 4 members (excludes halogenated alkanes) is 2. The van der Waals surface area contributed by atoms with Crippen LogP contribution in [-0.4, -0.2) is 60.2 Å². The van der Waals surface area contributed by atoms with E-state index in [1.165, 1.54) is 0 Å². The van der Waals surface area contributed by atoms with Crippen molar-refractivity contribution in [3.05, 3.63) is 47.0 Å². The van der Waals surface area contributed by atoms with Crippen LogP contribution >= 0.6 is 35.3 Å². The number of rotatable bonds is 11. The molecule has 2 aromatic heterocycles. The molecule has 0 radical (unpaired) electrons. The van der Waals surface area contributed by atoms with Gasteiger partial charge in [0.2, 0.25) is 5.91 Å². The lowest BCUT2D eigenvalue weighted by molar-refractivity contribution is -0.131. The third-order valence-corrected chi connectivity index (χ3v) is 7.86. The number of carbonyl (C=O) groups excluding carboxylic acids is 1. The summed E-state index contributed by atoms with van der Waals surface area (Å²) in [6, 6.07) is 5.39. The highest BCUT2D eigenvalue weighted by atomic mass is 35.5. The smallest absolute Gasteiger partial charge is 0.239 e. The molecule has 0 bridgehead atoms. The normalized spacial score (nSPS) is 16.9. The standard InChI is InChI=1S/C28H35ClN4O3S.ClH/c1-6-7-8-9-12-33(4)28(34)21-13-18(15-30-21)36-24-14-20(27-32-22(16-37-27)17(2)3)31-26-19(24)10-11-23(35-5)25(26)29;/h6,10-11,14,16-18,21,30H,1,7-9,12-13,15H2,2-5H3;1H/t18-,21-;/m0./s1. The molecule has 4 rings (SSSR count). The minimum absolute atomic E-state index is 0. The van der Waals surface area contributed by atoms with Gasteiger partial charge in [0.05, 0.1) is 24.4 Å². The largest absolute Gasteiger partial charge is 0.495 e. The highest BCUT2D eigenvalue weighted by Crippen LogP contribution is 2.39. The van der Waals surface area contributed by atoms with Gasteiger partial charge in [-0.3, -0.25) is 4.79 Å². The van der Waals surface area contributed by atoms with E-state index in [0.29, 0.717) is 46.6 Å². The predicted octanol–water partition coefficient (Wildman–Crippen LogP) is 6.49. The fraction of sp³-hybridized carbons (Fsp3) is 0.464. The fourth-order valence-electron chi connectivity index (χ4n) is 4.42. The number of methoxy groups -OCH3 is 1. The number of nitrogens with zero attached hydrogens (tertiary/aromatic N) is 3. The number of likely N-dealkylation sites (N-methyl/N-ethyl adjacent to an activating group) is 1. The van der Waals surface area contributed by atoms with Crippen LogP contribution in [0.15, 0.2) is 36.2 Å². The molecule has 3 aromatic rings. The summed E-state index contributed by atoms with van der Waals surface area (Å²) >= 11 is 8.23.